The number of piperidine rings is 1. The average molecular weight is 247 g/mol. The third-order valence-electron chi connectivity index (χ3n) is 3.47. The van der Waals surface area contributed by atoms with E-state index in [1.807, 2.05) is 18.2 Å². The number of ether oxygens (including phenoxy) is 1. The zero-order valence-corrected chi connectivity index (χ0v) is 11.3. The van der Waals surface area contributed by atoms with Crippen LogP contribution in [0.5, 0.6) is 0 Å². The molecule has 0 amide bonds. The molecule has 1 aromatic carbocycles. The molecule has 1 heterocycles. The molecule has 1 saturated heterocycles. The third-order valence-corrected chi connectivity index (χ3v) is 3.47. The lowest BCUT2D eigenvalue weighted by molar-refractivity contribution is -0.166. The van der Waals surface area contributed by atoms with Crippen LogP contribution in [0.1, 0.15) is 25.8 Å². The number of esters is 1. The number of likely N-dealkylation sites (tertiary alicyclic amines) is 1. The van der Waals surface area contributed by atoms with Gasteiger partial charge in [0.25, 0.3) is 0 Å². The number of nitrogens with zero attached hydrogens (tertiary/aromatic N) is 1. The van der Waals surface area contributed by atoms with Gasteiger partial charge in [0.05, 0.1) is 0 Å². The summed E-state index contributed by atoms with van der Waals surface area (Å²) < 4.78 is 5.73. The van der Waals surface area contributed by atoms with Gasteiger partial charge in [-0.25, -0.2) is 0 Å². The monoisotopic (exact) mass is 247 g/mol. The Labute approximate surface area is 109 Å². The lowest BCUT2D eigenvalue weighted by Crippen LogP contribution is -2.49. The van der Waals surface area contributed by atoms with Crippen molar-refractivity contribution >= 4 is 5.97 Å². The van der Waals surface area contributed by atoms with Crippen molar-refractivity contribution in [3.05, 3.63) is 35.9 Å². The normalized spacial score (nSPS) is 28.9. The molecule has 0 N–H and O–H groups in total. The van der Waals surface area contributed by atoms with E-state index in [0.717, 1.165) is 25.1 Å². The molecule has 1 fully saturated rings. The van der Waals surface area contributed by atoms with Crippen LogP contribution in [0.15, 0.2) is 30.3 Å². The molecule has 1 aliphatic rings. The van der Waals surface area contributed by atoms with E-state index in [1.54, 1.807) is 0 Å². The number of hydrogen-bond donors (Lipinski definition) is 0. The summed E-state index contributed by atoms with van der Waals surface area (Å²) in [5, 5.41) is 0. The SMILES string of the molecule is CC(=O)O[C@]1(c2ccccc2)C[C@H](C)CN(C)C1. The Bertz CT molecular complexity index is 406. The van der Waals surface area contributed by atoms with Gasteiger partial charge in [-0.1, -0.05) is 37.3 Å². The highest BCUT2D eigenvalue weighted by Crippen LogP contribution is 2.37. The average Bonchev–Trinajstić information content (AvgIpc) is 2.27. The summed E-state index contributed by atoms with van der Waals surface area (Å²) in [6, 6.07) is 10.1. The Morgan fingerprint density at radius 3 is 2.61 bits per heavy atom. The van der Waals surface area contributed by atoms with Crippen molar-refractivity contribution in [1.29, 1.82) is 0 Å². The summed E-state index contributed by atoms with van der Waals surface area (Å²) in [6.07, 6.45) is 0.890. The number of benzene rings is 1. The van der Waals surface area contributed by atoms with Crippen LogP contribution in [0.3, 0.4) is 0 Å². The standard InChI is InChI=1S/C15H21NO2/c1-12-9-15(18-13(2)17,11-16(3)10-12)14-7-5-4-6-8-14/h4-8,12H,9-11H2,1-3H3/t12-,15+/m0/s1. The van der Waals surface area contributed by atoms with Crippen molar-refractivity contribution in [3.8, 4) is 0 Å². The van der Waals surface area contributed by atoms with Gasteiger partial charge in [0.15, 0.2) is 0 Å². The van der Waals surface area contributed by atoms with Crippen LogP contribution in [-0.2, 0) is 15.1 Å². The first-order valence-electron chi connectivity index (χ1n) is 6.45. The van der Waals surface area contributed by atoms with Gasteiger partial charge in [-0.2, -0.15) is 0 Å². The summed E-state index contributed by atoms with van der Waals surface area (Å²) in [6.45, 7) is 5.51. The number of carbonyl (C=O) groups excluding carboxylic acids is 1. The smallest absolute Gasteiger partial charge is 0.303 e. The summed E-state index contributed by atoms with van der Waals surface area (Å²) in [5.41, 5.74) is 0.609. The van der Waals surface area contributed by atoms with Gasteiger partial charge in [0.1, 0.15) is 5.60 Å². The van der Waals surface area contributed by atoms with E-state index in [9.17, 15) is 4.79 Å². The van der Waals surface area contributed by atoms with E-state index < -0.39 is 5.60 Å². The Balaban J connectivity index is 2.37. The summed E-state index contributed by atoms with van der Waals surface area (Å²) in [7, 11) is 2.08. The van der Waals surface area contributed by atoms with Crippen LogP contribution in [-0.4, -0.2) is 31.0 Å². The van der Waals surface area contributed by atoms with Gasteiger partial charge in [-0.3, -0.25) is 4.79 Å². The molecule has 98 valence electrons. The van der Waals surface area contributed by atoms with Crippen LogP contribution < -0.4 is 0 Å². The van der Waals surface area contributed by atoms with E-state index in [-0.39, 0.29) is 5.97 Å². The van der Waals surface area contributed by atoms with Crippen LogP contribution in [0, 0.1) is 5.92 Å². The Hall–Kier alpha value is -1.35. The molecule has 0 radical (unpaired) electrons. The fourth-order valence-corrected chi connectivity index (χ4v) is 3.08. The molecule has 3 heteroatoms. The molecular weight excluding hydrogens is 226 g/mol. The lowest BCUT2D eigenvalue weighted by atomic mass is 9.81. The summed E-state index contributed by atoms with van der Waals surface area (Å²) >= 11 is 0. The second-order valence-corrected chi connectivity index (χ2v) is 5.46. The van der Waals surface area contributed by atoms with Crippen LogP contribution in [0.2, 0.25) is 0 Å². The molecule has 18 heavy (non-hydrogen) atoms. The second kappa shape index (κ2) is 5.11. The topological polar surface area (TPSA) is 29.5 Å². The molecule has 0 aromatic heterocycles. The van der Waals surface area contributed by atoms with Gasteiger partial charge in [-0.05, 0) is 24.9 Å². The third kappa shape index (κ3) is 2.72. The molecule has 2 rings (SSSR count). The summed E-state index contributed by atoms with van der Waals surface area (Å²) in [4.78, 5) is 13.7. The Morgan fingerprint density at radius 2 is 2.06 bits per heavy atom. The fourth-order valence-electron chi connectivity index (χ4n) is 3.08. The number of rotatable bonds is 2. The molecule has 0 bridgehead atoms. The van der Waals surface area contributed by atoms with E-state index in [0.29, 0.717) is 5.92 Å². The van der Waals surface area contributed by atoms with Crippen molar-refractivity contribution < 1.29 is 9.53 Å². The van der Waals surface area contributed by atoms with Crippen molar-refractivity contribution in [2.24, 2.45) is 5.92 Å². The zero-order chi connectivity index (χ0) is 13.2. The highest BCUT2D eigenvalue weighted by molar-refractivity contribution is 5.67. The highest BCUT2D eigenvalue weighted by atomic mass is 16.6. The van der Waals surface area contributed by atoms with E-state index in [1.165, 1.54) is 6.92 Å². The minimum Gasteiger partial charge on any atom is -0.453 e. The maximum atomic E-state index is 11.5. The van der Waals surface area contributed by atoms with E-state index >= 15 is 0 Å². The van der Waals surface area contributed by atoms with Gasteiger partial charge in [0, 0.05) is 20.0 Å². The first-order chi connectivity index (χ1) is 8.52. The lowest BCUT2D eigenvalue weighted by Gasteiger charge is -2.43. The molecule has 0 aliphatic carbocycles. The quantitative estimate of drug-likeness (QED) is 0.752. The van der Waals surface area contributed by atoms with E-state index in [2.05, 4.69) is 31.0 Å². The predicted molar refractivity (Wildman–Crippen MR) is 71.2 cm³/mol. The molecule has 3 nitrogen and oxygen atoms in total. The molecule has 0 unspecified atom stereocenters. The van der Waals surface area contributed by atoms with Crippen molar-refractivity contribution in [3.63, 3.8) is 0 Å². The maximum absolute atomic E-state index is 11.5. The molecule has 1 aliphatic heterocycles. The van der Waals surface area contributed by atoms with Gasteiger partial charge >= 0.3 is 5.97 Å². The van der Waals surface area contributed by atoms with Gasteiger partial charge in [0.2, 0.25) is 0 Å². The predicted octanol–water partition coefficient (Wildman–Crippen LogP) is 2.42. The molecule has 1 aromatic rings. The maximum Gasteiger partial charge on any atom is 0.303 e. The fraction of sp³-hybridized carbons (Fsp3) is 0.533. The molecular formula is C15H21NO2. The Kier molecular flexibility index (Phi) is 3.71. The molecule has 2 atom stereocenters. The largest absolute Gasteiger partial charge is 0.453 e. The van der Waals surface area contributed by atoms with Crippen LogP contribution >= 0.6 is 0 Å². The van der Waals surface area contributed by atoms with Crippen LogP contribution in [0.4, 0.5) is 0 Å². The summed E-state index contributed by atoms with van der Waals surface area (Å²) in [5.74, 6) is 0.310. The number of hydrogen-bond acceptors (Lipinski definition) is 3. The molecule has 0 saturated carbocycles. The highest BCUT2D eigenvalue weighted by Gasteiger charge is 2.41. The van der Waals surface area contributed by atoms with Crippen molar-refractivity contribution in [2.45, 2.75) is 25.9 Å². The first kappa shape index (κ1) is 13.1. The van der Waals surface area contributed by atoms with Crippen molar-refractivity contribution in [2.75, 3.05) is 20.1 Å². The van der Waals surface area contributed by atoms with Crippen LogP contribution in [0.25, 0.3) is 0 Å². The van der Waals surface area contributed by atoms with E-state index in [4.69, 9.17) is 4.74 Å². The van der Waals surface area contributed by atoms with Gasteiger partial charge in [-0.15, -0.1) is 0 Å². The number of carbonyl (C=O) groups is 1. The Morgan fingerprint density at radius 1 is 1.39 bits per heavy atom. The van der Waals surface area contributed by atoms with Gasteiger partial charge < -0.3 is 9.64 Å². The zero-order valence-electron chi connectivity index (χ0n) is 11.3. The second-order valence-electron chi connectivity index (χ2n) is 5.46. The first-order valence-corrected chi connectivity index (χ1v) is 6.45. The number of likely N-dealkylation sites (N-methyl/N-ethyl adjacent to an activating group) is 1. The minimum atomic E-state index is -0.487. The van der Waals surface area contributed by atoms with Crippen molar-refractivity contribution in [1.82, 2.24) is 4.90 Å². The minimum absolute atomic E-state index is 0.207. The molecule has 0 spiro atoms.